The second kappa shape index (κ2) is 8.72. The highest BCUT2D eigenvalue weighted by molar-refractivity contribution is 5.95. The van der Waals surface area contributed by atoms with E-state index in [2.05, 4.69) is 20.6 Å². The number of methoxy groups -OCH3 is 1. The molecule has 0 radical (unpaired) electrons. The summed E-state index contributed by atoms with van der Waals surface area (Å²) in [6, 6.07) is 4.64. The van der Waals surface area contributed by atoms with Crippen LogP contribution in [-0.4, -0.2) is 46.2 Å². The molecule has 2 rings (SSSR count). The first-order valence-corrected chi connectivity index (χ1v) is 7.47. The van der Waals surface area contributed by atoms with Gasteiger partial charge in [-0.3, -0.25) is 9.59 Å². The lowest BCUT2D eigenvalue weighted by molar-refractivity contribution is -0.110. The second-order valence-corrected chi connectivity index (χ2v) is 5.20. The van der Waals surface area contributed by atoms with Gasteiger partial charge in [0.2, 0.25) is 12.2 Å². The maximum atomic E-state index is 12.9. The van der Waals surface area contributed by atoms with Gasteiger partial charge in [0.25, 0.3) is 11.8 Å². The number of rotatable bonds is 8. The van der Waals surface area contributed by atoms with Crippen molar-refractivity contribution in [3.05, 3.63) is 47.2 Å². The van der Waals surface area contributed by atoms with Crippen LogP contribution in [0.1, 0.15) is 27.9 Å². The quantitative estimate of drug-likeness (QED) is 0.498. The van der Waals surface area contributed by atoms with Crippen molar-refractivity contribution in [2.45, 2.75) is 12.6 Å². The lowest BCUT2D eigenvalue weighted by atomic mass is 10.2. The van der Waals surface area contributed by atoms with Gasteiger partial charge >= 0.3 is 0 Å². The zero-order valence-corrected chi connectivity index (χ0v) is 13.8. The monoisotopic (exact) mass is 364 g/mol. The summed E-state index contributed by atoms with van der Waals surface area (Å²) in [5, 5.41) is 24.5. The van der Waals surface area contributed by atoms with Crippen molar-refractivity contribution in [1.29, 1.82) is 0 Å². The van der Waals surface area contributed by atoms with E-state index >= 15 is 0 Å². The summed E-state index contributed by atoms with van der Waals surface area (Å²) in [6.07, 6.45) is 0.394. The van der Waals surface area contributed by atoms with E-state index in [-0.39, 0.29) is 19.0 Å². The van der Waals surface area contributed by atoms with Crippen molar-refractivity contribution in [1.82, 2.24) is 20.6 Å². The minimum absolute atomic E-state index is 0.0143. The highest BCUT2D eigenvalue weighted by Gasteiger charge is 2.23. The van der Waals surface area contributed by atoms with Crippen LogP contribution in [-0.2, 0) is 16.1 Å². The molecule has 0 aliphatic carbocycles. The molecule has 4 N–H and O–H groups in total. The fraction of sp³-hybridized carbons (Fsp3) is 0.250. The number of aromatic nitrogens is 2. The minimum Gasteiger partial charge on any atom is -0.501 e. The van der Waals surface area contributed by atoms with Gasteiger partial charge in [0.1, 0.15) is 11.9 Å². The van der Waals surface area contributed by atoms with E-state index in [1.165, 1.54) is 31.4 Å². The summed E-state index contributed by atoms with van der Waals surface area (Å²) in [5.74, 6) is -2.91. The van der Waals surface area contributed by atoms with Gasteiger partial charge in [-0.25, -0.2) is 9.37 Å². The third-order valence-corrected chi connectivity index (χ3v) is 3.38. The third-order valence-electron chi connectivity index (χ3n) is 3.38. The summed E-state index contributed by atoms with van der Waals surface area (Å²) in [7, 11) is 1.38. The van der Waals surface area contributed by atoms with E-state index in [0.717, 1.165) is 0 Å². The maximum Gasteiger partial charge on any atom is 0.274 e. The maximum absolute atomic E-state index is 12.9. The fourth-order valence-electron chi connectivity index (χ4n) is 2.09. The smallest absolute Gasteiger partial charge is 0.274 e. The molecule has 0 saturated heterocycles. The van der Waals surface area contributed by atoms with Crippen molar-refractivity contribution in [3.8, 4) is 11.6 Å². The van der Waals surface area contributed by atoms with Gasteiger partial charge in [0.05, 0.1) is 6.61 Å². The normalized spacial score (nSPS) is 11.6. The van der Waals surface area contributed by atoms with Gasteiger partial charge in [0.15, 0.2) is 11.5 Å². The Hall–Kier alpha value is -3.27. The molecule has 26 heavy (non-hydrogen) atoms. The van der Waals surface area contributed by atoms with Crippen LogP contribution in [0.3, 0.4) is 0 Å². The first-order valence-electron chi connectivity index (χ1n) is 7.47. The highest BCUT2D eigenvalue weighted by atomic mass is 19.1. The number of nitrogens with zero attached hydrogens (tertiary/aromatic N) is 2. The van der Waals surface area contributed by atoms with E-state index < -0.39 is 35.1 Å². The number of aromatic hydroxyl groups is 2. The first-order chi connectivity index (χ1) is 12.5. The standard InChI is InChI=1S/C16H17FN4O5/c1-26-7-11(19-8-22)14-20-12(13(23)16(25)21-14)15(24)18-6-9-2-4-10(17)5-3-9/h2-5,8,11,23H,6-7H2,1H3,(H,18,24)(H,19,22)(H,20,21,25). The van der Waals surface area contributed by atoms with Gasteiger partial charge in [0, 0.05) is 13.7 Å². The van der Waals surface area contributed by atoms with Crippen LogP contribution in [0.15, 0.2) is 24.3 Å². The summed E-state index contributed by atoms with van der Waals surface area (Å²) in [4.78, 5) is 30.5. The van der Waals surface area contributed by atoms with Crippen molar-refractivity contribution in [2.75, 3.05) is 13.7 Å². The highest BCUT2D eigenvalue weighted by Crippen LogP contribution is 2.27. The Morgan fingerprint density at radius 3 is 2.62 bits per heavy atom. The Morgan fingerprint density at radius 2 is 2.00 bits per heavy atom. The Bertz CT molecular complexity index is 785. The summed E-state index contributed by atoms with van der Waals surface area (Å²) in [6.45, 7) is 0.0341. The molecule has 0 aliphatic rings. The number of hydrogen-bond donors (Lipinski definition) is 4. The average molecular weight is 364 g/mol. The van der Waals surface area contributed by atoms with E-state index in [1.807, 2.05) is 0 Å². The SMILES string of the molecule is COCC(NC=O)c1nc(O)c(O)c(C(=O)NCc2ccc(F)cc2)n1. The molecule has 1 aromatic carbocycles. The molecule has 0 bridgehead atoms. The lowest BCUT2D eigenvalue weighted by Gasteiger charge is -2.15. The summed E-state index contributed by atoms with van der Waals surface area (Å²) >= 11 is 0. The number of nitrogens with one attached hydrogen (secondary N) is 2. The third kappa shape index (κ3) is 4.63. The largest absolute Gasteiger partial charge is 0.501 e. The number of hydrogen-bond acceptors (Lipinski definition) is 7. The summed E-state index contributed by atoms with van der Waals surface area (Å²) in [5.41, 5.74) is 0.154. The Labute approximate surface area is 147 Å². The van der Waals surface area contributed by atoms with Crippen LogP contribution >= 0.6 is 0 Å². The average Bonchev–Trinajstić information content (AvgIpc) is 2.63. The number of benzene rings is 1. The fourth-order valence-corrected chi connectivity index (χ4v) is 2.09. The van der Waals surface area contributed by atoms with Crippen LogP contribution in [0.5, 0.6) is 11.6 Å². The Kier molecular flexibility index (Phi) is 6.39. The molecule has 9 nitrogen and oxygen atoms in total. The first kappa shape index (κ1) is 19.1. The number of carbonyl (C=O) groups is 2. The van der Waals surface area contributed by atoms with Crippen LogP contribution in [0.4, 0.5) is 4.39 Å². The van der Waals surface area contributed by atoms with Crippen molar-refractivity contribution < 1.29 is 28.9 Å². The molecule has 2 amide bonds. The molecular formula is C16H17FN4O5. The van der Waals surface area contributed by atoms with Gasteiger partial charge in [-0.2, -0.15) is 4.98 Å². The topological polar surface area (TPSA) is 134 Å². The zero-order valence-electron chi connectivity index (χ0n) is 13.8. The van der Waals surface area contributed by atoms with Gasteiger partial charge in [-0.05, 0) is 17.7 Å². The predicted octanol–water partition coefficient (Wildman–Crippen LogP) is 0.390. The predicted molar refractivity (Wildman–Crippen MR) is 86.7 cm³/mol. The van der Waals surface area contributed by atoms with Crippen LogP contribution in [0.2, 0.25) is 0 Å². The molecule has 1 unspecified atom stereocenters. The molecule has 2 aromatic rings. The molecule has 0 spiro atoms. The van der Waals surface area contributed by atoms with Gasteiger partial charge in [-0.15, -0.1) is 0 Å². The summed E-state index contributed by atoms with van der Waals surface area (Å²) < 4.78 is 17.8. The number of amides is 2. The lowest BCUT2D eigenvalue weighted by Crippen LogP contribution is -2.28. The van der Waals surface area contributed by atoms with Crippen molar-refractivity contribution >= 4 is 12.3 Å². The molecule has 10 heteroatoms. The molecule has 0 fully saturated rings. The van der Waals surface area contributed by atoms with E-state index in [1.54, 1.807) is 0 Å². The van der Waals surface area contributed by atoms with Gasteiger partial charge < -0.3 is 25.6 Å². The van der Waals surface area contributed by atoms with Crippen molar-refractivity contribution in [3.63, 3.8) is 0 Å². The molecular weight excluding hydrogens is 347 g/mol. The number of carbonyl (C=O) groups excluding carboxylic acids is 2. The molecule has 1 aromatic heterocycles. The zero-order chi connectivity index (χ0) is 19.1. The van der Waals surface area contributed by atoms with Gasteiger partial charge in [-0.1, -0.05) is 12.1 Å². The van der Waals surface area contributed by atoms with E-state index in [9.17, 15) is 24.2 Å². The molecule has 0 saturated carbocycles. The number of ether oxygens (including phenoxy) is 1. The van der Waals surface area contributed by atoms with Crippen LogP contribution < -0.4 is 10.6 Å². The molecule has 0 aliphatic heterocycles. The molecule has 1 atom stereocenters. The second-order valence-electron chi connectivity index (χ2n) is 5.20. The van der Waals surface area contributed by atoms with Crippen molar-refractivity contribution in [2.24, 2.45) is 0 Å². The van der Waals surface area contributed by atoms with Crippen LogP contribution in [0.25, 0.3) is 0 Å². The molecule has 1 heterocycles. The van der Waals surface area contributed by atoms with E-state index in [0.29, 0.717) is 12.0 Å². The molecule has 138 valence electrons. The van der Waals surface area contributed by atoms with Crippen LogP contribution in [0, 0.1) is 5.82 Å². The Balaban J connectivity index is 2.22. The minimum atomic E-state index is -0.826. The van der Waals surface area contributed by atoms with E-state index in [4.69, 9.17) is 4.74 Å². The number of halogens is 1. The Morgan fingerprint density at radius 1 is 1.31 bits per heavy atom.